The van der Waals surface area contributed by atoms with Crippen molar-refractivity contribution in [1.82, 2.24) is 5.32 Å². The van der Waals surface area contributed by atoms with Gasteiger partial charge in [-0.2, -0.15) is 0 Å². The molecule has 7 heteroatoms. The third-order valence-electron chi connectivity index (χ3n) is 8.48. The molecule has 2 aromatic rings. The molecule has 1 aliphatic rings. The van der Waals surface area contributed by atoms with Crippen molar-refractivity contribution in [1.29, 1.82) is 0 Å². The van der Waals surface area contributed by atoms with Crippen LogP contribution in [0.1, 0.15) is 76.0 Å². The molecule has 3 N–H and O–H groups in total. The number of hydrogen-bond donors (Lipinski definition) is 3. The quantitative estimate of drug-likeness (QED) is 0.274. The van der Waals surface area contributed by atoms with Crippen LogP contribution in [0, 0.1) is 18.8 Å². The van der Waals surface area contributed by atoms with Crippen molar-refractivity contribution in [3.05, 3.63) is 64.2 Å². The summed E-state index contributed by atoms with van der Waals surface area (Å²) in [5.74, 6) is -1.10. The summed E-state index contributed by atoms with van der Waals surface area (Å²) in [7, 11) is 0. The number of nitrogens with one attached hydrogen (secondary N) is 1. The maximum Gasteiger partial charge on any atom is 0.326 e. The number of carbonyl (C=O) groups is 2. The standard InChI is InChI=1S/C32H45ClN2O4/c1-5-22(3)30(31(37)38)34-29(36)19-24(6-2)12-13-26-18-25(11-10-23(26)4)21-32(39)14-16-35(17-15-32)28-9-7-8-27(33)20-28/h7-11,18,20,22,24,30,39H,5-6,12-17,19,21H2,1-4H3,(H,34,36)(H,37,38). The number of piperidine rings is 1. The number of amides is 1. The van der Waals surface area contributed by atoms with Crippen LogP contribution in [0.2, 0.25) is 5.02 Å². The van der Waals surface area contributed by atoms with E-state index < -0.39 is 17.6 Å². The molecule has 214 valence electrons. The molecular formula is C32H45ClN2O4. The molecule has 1 heterocycles. The second-order valence-corrected chi connectivity index (χ2v) is 11.9. The van der Waals surface area contributed by atoms with Crippen molar-refractivity contribution in [2.45, 2.75) is 90.7 Å². The molecule has 2 aromatic carbocycles. The van der Waals surface area contributed by atoms with Gasteiger partial charge in [-0.15, -0.1) is 0 Å². The largest absolute Gasteiger partial charge is 0.480 e. The molecule has 1 saturated heterocycles. The van der Waals surface area contributed by atoms with Crippen molar-refractivity contribution >= 4 is 29.2 Å². The van der Waals surface area contributed by atoms with Gasteiger partial charge in [-0.3, -0.25) is 4.79 Å². The van der Waals surface area contributed by atoms with Gasteiger partial charge in [-0.1, -0.05) is 69.5 Å². The molecule has 0 saturated carbocycles. The molecule has 3 unspecified atom stereocenters. The fraction of sp³-hybridized carbons (Fsp3) is 0.562. The normalized spacial score (nSPS) is 17.3. The molecule has 1 aliphatic heterocycles. The first-order chi connectivity index (χ1) is 18.5. The SMILES string of the molecule is CCC(CCc1cc(CC2(O)CCN(c3cccc(Cl)c3)CC2)ccc1C)CC(=O)NC(C(=O)O)C(C)CC. The van der Waals surface area contributed by atoms with Crippen LogP contribution in [0.5, 0.6) is 0 Å². The second kappa shape index (κ2) is 14.2. The Morgan fingerprint density at radius 3 is 2.44 bits per heavy atom. The zero-order chi connectivity index (χ0) is 28.6. The number of anilines is 1. The van der Waals surface area contributed by atoms with Gasteiger partial charge >= 0.3 is 5.97 Å². The third kappa shape index (κ3) is 8.97. The predicted molar refractivity (Wildman–Crippen MR) is 158 cm³/mol. The highest BCUT2D eigenvalue weighted by molar-refractivity contribution is 6.30. The van der Waals surface area contributed by atoms with Crippen LogP contribution in [-0.2, 0) is 22.4 Å². The lowest BCUT2D eigenvalue weighted by molar-refractivity contribution is -0.143. The van der Waals surface area contributed by atoms with Gasteiger partial charge in [0.1, 0.15) is 6.04 Å². The van der Waals surface area contributed by atoms with E-state index in [1.807, 2.05) is 32.0 Å². The number of aliphatic carboxylic acids is 1. The van der Waals surface area contributed by atoms with Gasteiger partial charge in [0.25, 0.3) is 0 Å². The number of halogens is 1. The summed E-state index contributed by atoms with van der Waals surface area (Å²) in [6.07, 6.45) is 5.60. The van der Waals surface area contributed by atoms with Crippen LogP contribution in [0.15, 0.2) is 42.5 Å². The molecule has 39 heavy (non-hydrogen) atoms. The minimum atomic E-state index is -0.977. The van der Waals surface area contributed by atoms with Crippen molar-refractivity contribution in [2.24, 2.45) is 11.8 Å². The summed E-state index contributed by atoms with van der Waals surface area (Å²) >= 11 is 6.16. The first-order valence-electron chi connectivity index (χ1n) is 14.4. The Bertz CT molecular complexity index is 1110. The Labute approximate surface area is 238 Å². The summed E-state index contributed by atoms with van der Waals surface area (Å²) < 4.78 is 0. The van der Waals surface area contributed by atoms with Gasteiger partial charge in [0.2, 0.25) is 5.91 Å². The number of hydrogen-bond acceptors (Lipinski definition) is 4. The fourth-order valence-corrected chi connectivity index (χ4v) is 5.69. The van der Waals surface area contributed by atoms with Crippen LogP contribution >= 0.6 is 11.6 Å². The fourth-order valence-electron chi connectivity index (χ4n) is 5.50. The van der Waals surface area contributed by atoms with Gasteiger partial charge in [-0.05, 0) is 79.3 Å². The lowest BCUT2D eigenvalue weighted by atomic mass is 9.84. The van der Waals surface area contributed by atoms with E-state index in [0.29, 0.717) is 32.1 Å². The molecule has 1 fully saturated rings. The molecule has 6 nitrogen and oxygen atoms in total. The van der Waals surface area contributed by atoms with E-state index in [9.17, 15) is 19.8 Å². The Balaban J connectivity index is 1.56. The Morgan fingerprint density at radius 1 is 1.10 bits per heavy atom. The summed E-state index contributed by atoms with van der Waals surface area (Å²) in [5.41, 5.74) is 3.96. The first kappa shape index (κ1) is 31.0. The average molecular weight is 557 g/mol. The summed E-state index contributed by atoms with van der Waals surface area (Å²) in [6, 6.07) is 13.5. The predicted octanol–water partition coefficient (Wildman–Crippen LogP) is 6.19. The number of aryl methyl sites for hydroxylation is 2. The van der Waals surface area contributed by atoms with E-state index >= 15 is 0 Å². The van der Waals surface area contributed by atoms with Crippen LogP contribution in [0.25, 0.3) is 0 Å². The molecule has 3 atom stereocenters. The van der Waals surface area contributed by atoms with Crippen molar-refractivity contribution in [3.8, 4) is 0 Å². The lowest BCUT2D eigenvalue weighted by Gasteiger charge is -2.39. The van der Waals surface area contributed by atoms with Gasteiger partial charge in [0, 0.05) is 36.6 Å². The van der Waals surface area contributed by atoms with Gasteiger partial charge in [0.15, 0.2) is 0 Å². The highest BCUT2D eigenvalue weighted by atomic mass is 35.5. The zero-order valence-electron chi connectivity index (χ0n) is 23.9. The van der Waals surface area contributed by atoms with Crippen LogP contribution < -0.4 is 10.2 Å². The summed E-state index contributed by atoms with van der Waals surface area (Å²) in [4.78, 5) is 26.5. The van der Waals surface area contributed by atoms with E-state index in [4.69, 9.17) is 11.6 Å². The van der Waals surface area contributed by atoms with Gasteiger partial charge in [0.05, 0.1) is 5.60 Å². The first-order valence-corrected chi connectivity index (χ1v) is 14.7. The van der Waals surface area contributed by atoms with E-state index in [1.165, 1.54) is 11.1 Å². The minimum Gasteiger partial charge on any atom is -0.480 e. The van der Waals surface area contributed by atoms with Crippen LogP contribution in [-0.4, -0.2) is 46.8 Å². The highest BCUT2D eigenvalue weighted by Gasteiger charge is 2.33. The monoisotopic (exact) mass is 556 g/mol. The Morgan fingerprint density at radius 2 is 1.82 bits per heavy atom. The van der Waals surface area contributed by atoms with Gasteiger partial charge < -0.3 is 20.4 Å². The number of aliphatic hydroxyl groups is 1. The smallest absolute Gasteiger partial charge is 0.326 e. The van der Waals surface area contributed by atoms with Crippen molar-refractivity contribution in [3.63, 3.8) is 0 Å². The molecule has 0 spiro atoms. The number of carboxylic acid groups (broad SMARTS) is 1. The maximum atomic E-state index is 12.7. The molecular weight excluding hydrogens is 512 g/mol. The van der Waals surface area contributed by atoms with Crippen molar-refractivity contribution < 1.29 is 19.8 Å². The van der Waals surface area contributed by atoms with E-state index in [-0.39, 0.29) is 17.7 Å². The third-order valence-corrected chi connectivity index (χ3v) is 8.72. The summed E-state index contributed by atoms with van der Waals surface area (Å²) in [6.45, 7) is 9.54. The molecule has 0 radical (unpaired) electrons. The Hall–Kier alpha value is -2.57. The molecule has 3 rings (SSSR count). The topological polar surface area (TPSA) is 89.9 Å². The molecule has 0 aliphatic carbocycles. The number of carbonyl (C=O) groups excluding carboxylic acids is 1. The molecule has 1 amide bonds. The highest BCUT2D eigenvalue weighted by Crippen LogP contribution is 2.31. The number of rotatable bonds is 13. The number of benzene rings is 2. The average Bonchev–Trinajstić information content (AvgIpc) is 2.90. The van der Waals surface area contributed by atoms with Crippen molar-refractivity contribution in [2.75, 3.05) is 18.0 Å². The minimum absolute atomic E-state index is 0.115. The van der Waals surface area contributed by atoms with Crippen LogP contribution in [0.3, 0.4) is 0 Å². The lowest BCUT2D eigenvalue weighted by Crippen LogP contribution is -2.45. The van der Waals surface area contributed by atoms with E-state index in [0.717, 1.165) is 48.6 Å². The molecule has 0 aromatic heterocycles. The number of nitrogens with zero attached hydrogens (tertiary/aromatic N) is 1. The maximum absolute atomic E-state index is 12.7. The van der Waals surface area contributed by atoms with Crippen LogP contribution in [0.4, 0.5) is 5.69 Å². The van der Waals surface area contributed by atoms with Gasteiger partial charge in [-0.25, -0.2) is 4.79 Å². The molecule has 0 bridgehead atoms. The van der Waals surface area contributed by atoms with E-state index in [2.05, 4.69) is 48.3 Å². The zero-order valence-corrected chi connectivity index (χ0v) is 24.6. The number of carboxylic acids is 1. The summed E-state index contributed by atoms with van der Waals surface area (Å²) in [5, 5.41) is 24.3. The second-order valence-electron chi connectivity index (χ2n) is 11.4. The Kier molecular flexibility index (Phi) is 11.3. The van der Waals surface area contributed by atoms with E-state index in [1.54, 1.807) is 0 Å².